The molecule has 0 radical (unpaired) electrons. The number of amides is 1. The Morgan fingerprint density at radius 3 is 2.81 bits per heavy atom. The van der Waals surface area contributed by atoms with Crippen LogP contribution in [0.3, 0.4) is 0 Å². The van der Waals surface area contributed by atoms with Crippen LogP contribution in [0.15, 0.2) is 42.7 Å². The third kappa shape index (κ3) is 3.51. The maximum Gasteiger partial charge on any atom is 0.251 e. The lowest BCUT2D eigenvalue weighted by molar-refractivity contribution is -0.00591. The molecule has 2 N–H and O–H groups in total. The first kappa shape index (κ1) is 17.2. The van der Waals surface area contributed by atoms with E-state index in [-0.39, 0.29) is 18.0 Å². The highest BCUT2D eigenvalue weighted by molar-refractivity contribution is 5.96. The summed E-state index contributed by atoms with van der Waals surface area (Å²) >= 11 is 0. The van der Waals surface area contributed by atoms with Crippen molar-refractivity contribution >= 4 is 5.91 Å². The van der Waals surface area contributed by atoms with E-state index in [4.69, 9.17) is 4.74 Å². The molecule has 4 rings (SSSR count). The van der Waals surface area contributed by atoms with Crippen LogP contribution in [-0.4, -0.2) is 64.1 Å². The summed E-state index contributed by atoms with van der Waals surface area (Å²) in [7, 11) is 0. The Morgan fingerprint density at radius 1 is 1.27 bits per heavy atom. The Hall–Kier alpha value is -2.22. The summed E-state index contributed by atoms with van der Waals surface area (Å²) < 4.78 is 7.12. The summed E-state index contributed by atoms with van der Waals surface area (Å²) in [5.41, 5.74) is 1.71. The van der Waals surface area contributed by atoms with Crippen molar-refractivity contribution in [1.29, 1.82) is 0 Å². The van der Waals surface area contributed by atoms with Gasteiger partial charge in [0.1, 0.15) is 0 Å². The highest BCUT2D eigenvalue weighted by Crippen LogP contribution is 2.32. The largest absolute Gasteiger partial charge is 0.391 e. The van der Waals surface area contributed by atoms with Crippen molar-refractivity contribution in [2.75, 3.05) is 26.3 Å². The van der Waals surface area contributed by atoms with Crippen molar-refractivity contribution in [2.24, 2.45) is 0 Å². The first-order valence-electron chi connectivity index (χ1n) is 9.08. The van der Waals surface area contributed by atoms with Gasteiger partial charge in [-0.25, -0.2) is 0 Å². The number of rotatable bonds is 5. The number of hydrogen-bond acceptors (Lipinski definition) is 5. The first-order chi connectivity index (χ1) is 12.7. The smallest absolute Gasteiger partial charge is 0.251 e. The van der Waals surface area contributed by atoms with Crippen LogP contribution in [-0.2, 0) is 11.3 Å². The molecule has 1 aromatic carbocycles. The van der Waals surface area contributed by atoms with Crippen LogP contribution in [0.2, 0.25) is 0 Å². The molecule has 1 saturated carbocycles. The molecule has 1 aliphatic heterocycles. The van der Waals surface area contributed by atoms with Gasteiger partial charge in [-0.05, 0) is 24.1 Å². The summed E-state index contributed by atoms with van der Waals surface area (Å²) in [6, 6.07) is 9.22. The molecular formula is C19H24N4O3. The standard InChI is InChI=1S/C19H24N4O3/c24-17-12-16(18(17)23-7-3-6-20-23)21-19(25)15-5-2-1-4-14(15)13-22-8-10-26-11-9-22/h1-7,16-18,24H,8-13H2,(H,21,25)/t16-,17+,18+/m0/s1. The number of ether oxygens (including phenoxy) is 1. The minimum atomic E-state index is -0.483. The zero-order valence-electron chi connectivity index (χ0n) is 14.6. The fraction of sp³-hybridized carbons (Fsp3) is 0.474. The van der Waals surface area contributed by atoms with E-state index in [1.54, 1.807) is 10.9 Å². The number of morpholine rings is 1. The van der Waals surface area contributed by atoms with Crippen LogP contribution in [0.5, 0.6) is 0 Å². The van der Waals surface area contributed by atoms with Crippen LogP contribution in [0.25, 0.3) is 0 Å². The maximum atomic E-state index is 12.9. The number of aromatic nitrogens is 2. The number of carbonyl (C=O) groups is 1. The normalized spacial score (nSPS) is 26.3. The van der Waals surface area contributed by atoms with Crippen molar-refractivity contribution in [3.63, 3.8) is 0 Å². The molecule has 138 valence electrons. The van der Waals surface area contributed by atoms with Gasteiger partial charge in [0.2, 0.25) is 0 Å². The highest BCUT2D eigenvalue weighted by Gasteiger charge is 2.42. The third-order valence-corrected chi connectivity index (χ3v) is 5.21. The van der Waals surface area contributed by atoms with Gasteiger partial charge in [0.05, 0.1) is 31.4 Å². The number of aliphatic hydroxyl groups excluding tert-OH is 1. The van der Waals surface area contributed by atoms with Gasteiger partial charge < -0.3 is 15.2 Å². The molecule has 2 heterocycles. The molecule has 0 bridgehead atoms. The van der Waals surface area contributed by atoms with Crippen LogP contribution >= 0.6 is 0 Å². The average Bonchev–Trinajstić information content (AvgIpc) is 3.16. The van der Waals surface area contributed by atoms with E-state index in [0.29, 0.717) is 12.0 Å². The average molecular weight is 356 g/mol. The molecule has 1 aromatic heterocycles. The molecule has 1 aliphatic carbocycles. The van der Waals surface area contributed by atoms with Crippen LogP contribution < -0.4 is 5.32 Å². The topological polar surface area (TPSA) is 79.6 Å². The Balaban J connectivity index is 1.45. The van der Waals surface area contributed by atoms with Gasteiger partial charge in [0.15, 0.2) is 0 Å². The van der Waals surface area contributed by atoms with Gasteiger partial charge in [-0.3, -0.25) is 14.4 Å². The fourth-order valence-corrected chi connectivity index (χ4v) is 3.70. The van der Waals surface area contributed by atoms with Crippen LogP contribution in [0, 0.1) is 0 Å². The number of aliphatic hydroxyl groups is 1. The van der Waals surface area contributed by atoms with E-state index in [9.17, 15) is 9.90 Å². The second kappa shape index (κ2) is 7.57. The quantitative estimate of drug-likeness (QED) is 0.829. The first-order valence-corrected chi connectivity index (χ1v) is 9.08. The van der Waals surface area contributed by atoms with Crippen molar-refractivity contribution in [1.82, 2.24) is 20.0 Å². The summed E-state index contributed by atoms with van der Waals surface area (Å²) in [6.45, 7) is 3.97. The molecule has 0 unspecified atom stereocenters. The van der Waals surface area contributed by atoms with Gasteiger partial charge in [0, 0.05) is 37.6 Å². The van der Waals surface area contributed by atoms with Crippen LogP contribution in [0.4, 0.5) is 0 Å². The molecule has 1 amide bonds. The lowest BCUT2D eigenvalue weighted by Crippen LogP contribution is -2.56. The van der Waals surface area contributed by atoms with Crippen molar-refractivity contribution in [2.45, 2.75) is 31.2 Å². The zero-order valence-corrected chi connectivity index (χ0v) is 14.6. The Bertz CT molecular complexity index is 743. The van der Waals surface area contributed by atoms with E-state index in [0.717, 1.165) is 38.4 Å². The number of carbonyl (C=O) groups excluding carboxylic acids is 1. The van der Waals surface area contributed by atoms with E-state index >= 15 is 0 Å². The molecule has 1 saturated heterocycles. The van der Waals surface area contributed by atoms with Gasteiger partial charge in [-0.2, -0.15) is 5.10 Å². The monoisotopic (exact) mass is 356 g/mol. The van der Waals surface area contributed by atoms with Crippen molar-refractivity contribution < 1.29 is 14.6 Å². The molecule has 2 aromatic rings. The minimum absolute atomic E-state index is 0.0945. The molecule has 26 heavy (non-hydrogen) atoms. The number of benzene rings is 1. The summed E-state index contributed by atoms with van der Waals surface area (Å²) in [5, 5.41) is 17.4. The fourth-order valence-electron chi connectivity index (χ4n) is 3.70. The van der Waals surface area contributed by atoms with E-state index in [1.807, 2.05) is 36.5 Å². The minimum Gasteiger partial charge on any atom is -0.391 e. The molecule has 7 nitrogen and oxygen atoms in total. The predicted octanol–water partition coefficient (Wildman–Crippen LogP) is 0.820. The number of nitrogens with one attached hydrogen (secondary N) is 1. The number of hydrogen-bond donors (Lipinski definition) is 2. The van der Waals surface area contributed by atoms with Crippen molar-refractivity contribution in [3.8, 4) is 0 Å². The second-order valence-corrected chi connectivity index (χ2v) is 6.91. The molecular weight excluding hydrogens is 332 g/mol. The summed E-state index contributed by atoms with van der Waals surface area (Å²) in [6.07, 6.45) is 3.56. The van der Waals surface area contributed by atoms with E-state index in [2.05, 4.69) is 15.3 Å². The van der Waals surface area contributed by atoms with E-state index < -0.39 is 6.10 Å². The maximum absolute atomic E-state index is 12.9. The van der Waals surface area contributed by atoms with Crippen molar-refractivity contribution in [3.05, 3.63) is 53.9 Å². The highest BCUT2D eigenvalue weighted by atomic mass is 16.5. The Kier molecular flexibility index (Phi) is 5.01. The Morgan fingerprint density at radius 2 is 2.08 bits per heavy atom. The van der Waals surface area contributed by atoms with Gasteiger partial charge in [0.25, 0.3) is 5.91 Å². The molecule has 0 spiro atoms. The van der Waals surface area contributed by atoms with Crippen LogP contribution in [0.1, 0.15) is 28.4 Å². The van der Waals surface area contributed by atoms with E-state index in [1.165, 1.54) is 0 Å². The van der Waals surface area contributed by atoms with Gasteiger partial charge >= 0.3 is 0 Å². The number of nitrogens with zero attached hydrogens (tertiary/aromatic N) is 3. The lowest BCUT2D eigenvalue weighted by Gasteiger charge is -2.41. The molecule has 7 heteroatoms. The zero-order chi connectivity index (χ0) is 17.9. The summed E-state index contributed by atoms with van der Waals surface area (Å²) in [5.74, 6) is -0.0945. The Labute approximate surface area is 152 Å². The predicted molar refractivity (Wildman–Crippen MR) is 95.7 cm³/mol. The lowest BCUT2D eigenvalue weighted by atomic mass is 9.82. The van der Waals surface area contributed by atoms with Gasteiger partial charge in [-0.1, -0.05) is 18.2 Å². The third-order valence-electron chi connectivity index (χ3n) is 5.21. The summed E-state index contributed by atoms with van der Waals surface area (Å²) in [4.78, 5) is 15.2. The molecule has 2 aliphatic rings. The molecule has 3 atom stereocenters. The molecule has 2 fully saturated rings. The van der Waals surface area contributed by atoms with Gasteiger partial charge in [-0.15, -0.1) is 0 Å². The SMILES string of the molecule is O=C(N[C@H]1C[C@@H](O)[C@@H]1n1cccn1)c1ccccc1CN1CCOCC1. The second-order valence-electron chi connectivity index (χ2n) is 6.91.